The molecule has 0 rings (SSSR count). The van der Waals surface area contributed by atoms with Gasteiger partial charge in [-0.2, -0.15) is 0 Å². The molecule has 0 aliphatic heterocycles. The van der Waals surface area contributed by atoms with Gasteiger partial charge in [0.1, 0.15) is 21.5 Å². The number of nitrogens with one attached hydrogen (secondary N) is 1. The molecule has 5 heteroatoms. The van der Waals surface area contributed by atoms with Crippen LogP contribution in [-0.4, -0.2) is 21.5 Å². The van der Waals surface area contributed by atoms with Crippen LogP contribution in [0.25, 0.3) is 0 Å². The second kappa shape index (κ2) is 1.83. The third-order valence-electron chi connectivity index (χ3n) is 0.198. The lowest BCUT2D eigenvalue weighted by molar-refractivity contribution is 0.601. The quantitative estimate of drug-likeness (QED) is 0.374. The van der Waals surface area contributed by atoms with Gasteiger partial charge < -0.3 is 5.16 Å². The molecule has 6 heavy (non-hydrogen) atoms. The monoisotopic (exact) mass is 101 g/mol. The minimum Gasteiger partial charge on any atom is -0.336 e. The molecule has 4 radical (unpaired) electrons. The van der Waals surface area contributed by atoms with Crippen LogP contribution in [0.2, 0.25) is 0 Å². The molecule has 0 heterocycles. The summed E-state index contributed by atoms with van der Waals surface area (Å²) in [5.74, 6) is 0. The topological polar surface area (TPSA) is 23.9 Å². The summed E-state index contributed by atoms with van der Waals surface area (Å²) < 4.78 is 11.1. The van der Waals surface area contributed by atoms with Crippen LogP contribution in [0.1, 0.15) is 0 Å². The highest BCUT2D eigenvalue weighted by atomic mass is 31.2. The number of hydrogen-bond donors (Lipinski definition) is 1. The highest BCUT2D eigenvalue weighted by Gasteiger charge is 1.95. The van der Waals surface area contributed by atoms with Gasteiger partial charge in [0.15, 0.2) is 0 Å². The van der Waals surface area contributed by atoms with Crippen LogP contribution in [0.15, 0.2) is 0 Å². The van der Waals surface area contributed by atoms with Crippen molar-refractivity contribution in [1.29, 1.82) is 5.16 Å². The van der Waals surface area contributed by atoms with Gasteiger partial charge in [0.05, 0.1) is 0 Å². The Morgan fingerprint density at radius 3 is 1.83 bits per heavy atom. The van der Waals surface area contributed by atoms with E-state index in [-0.39, 0.29) is 0 Å². The van der Waals surface area contributed by atoms with Crippen LogP contribution in [-0.2, 0) is 0 Å². The molecule has 1 N–H and O–H groups in total. The van der Waals surface area contributed by atoms with Crippen molar-refractivity contribution >= 4 is 21.9 Å². The molecule has 0 unspecified atom stereocenters. The molecular weight excluding hydrogens is 97.6 g/mol. The Kier molecular flexibility index (Phi) is 1.92. The predicted octanol–water partition coefficient (Wildman–Crippen LogP) is 0.860. The standard InChI is InChI=1S/CH3B2FNP/c2-6(3,5)1-4/h5H,1H2. The first-order valence-corrected chi connectivity index (χ1v) is 3.44. The second-order valence-corrected chi connectivity index (χ2v) is 3.15. The Morgan fingerprint density at radius 1 is 1.67 bits per heavy atom. The number of hydrogen-bond acceptors (Lipinski definition) is 1. The summed E-state index contributed by atoms with van der Waals surface area (Å²) in [6.45, 7) is -2.81. The predicted molar refractivity (Wildman–Crippen MR) is 27.1 cm³/mol. The van der Waals surface area contributed by atoms with Crippen molar-refractivity contribution in [2.75, 3.05) is 6.42 Å². The molecule has 0 saturated carbocycles. The van der Waals surface area contributed by atoms with E-state index in [9.17, 15) is 4.39 Å². The Hall–Kier alpha value is 0.290. The smallest absolute Gasteiger partial charge is 0.123 e. The molecule has 0 aliphatic rings. The maximum absolute atomic E-state index is 11.1. The summed E-state index contributed by atoms with van der Waals surface area (Å²) in [5.41, 5.74) is 0. The normalized spacial score (nSPS) is 11.5. The van der Waals surface area contributed by atoms with Crippen molar-refractivity contribution in [3.8, 4) is 0 Å². The van der Waals surface area contributed by atoms with Gasteiger partial charge >= 0.3 is 0 Å². The van der Waals surface area contributed by atoms with E-state index in [4.69, 9.17) is 20.3 Å². The van der Waals surface area contributed by atoms with Gasteiger partial charge in [-0.15, -0.1) is 0 Å². The fourth-order valence-corrected chi connectivity index (χ4v) is 0. The summed E-state index contributed by atoms with van der Waals surface area (Å²) >= 11 is 0. The SMILES string of the molecule is [B]P([B])(=N)CF. The lowest BCUT2D eigenvalue weighted by Crippen LogP contribution is -1.76. The fourth-order valence-electron chi connectivity index (χ4n) is 0. The van der Waals surface area contributed by atoms with E-state index in [0.29, 0.717) is 0 Å². The summed E-state index contributed by atoms with van der Waals surface area (Å²) in [6, 6.07) is 0. The van der Waals surface area contributed by atoms with Gasteiger partial charge in [0.25, 0.3) is 0 Å². The van der Waals surface area contributed by atoms with Gasteiger partial charge in [-0.05, 0) is 0 Å². The van der Waals surface area contributed by atoms with Gasteiger partial charge in [-0.25, -0.2) is 4.39 Å². The average Bonchev–Trinajstić information content (AvgIpc) is 1.35. The number of alkyl halides is 1. The summed E-state index contributed by atoms with van der Waals surface area (Å²) in [6.07, 6.45) is -0.896. The van der Waals surface area contributed by atoms with Crippen molar-refractivity contribution in [3.05, 3.63) is 0 Å². The lowest BCUT2D eigenvalue weighted by Gasteiger charge is -1.99. The van der Waals surface area contributed by atoms with Gasteiger partial charge in [0.2, 0.25) is 0 Å². The molecule has 0 saturated heterocycles. The highest BCUT2D eigenvalue weighted by molar-refractivity contribution is 8.06. The van der Waals surface area contributed by atoms with E-state index in [1.54, 1.807) is 0 Å². The first-order chi connectivity index (χ1) is 2.56. The van der Waals surface area contributed by atoms with Gasteiger partial charge in [-0.1, -0.05) is 6.81 Å². The van der Waals surface area contributed by atoms with Crippen molar-refractivity contribution in [2.45, 2.75) is 0 Å². The van der Waals surface area contributed by atoms with Crippen LogP contribution < -0.4 is 0 Å². The van der Waals surface area contributed by atoms with Crippen molar-refractivity contribution in [2.24, 2.45) is 0 Å². The van der Waals surface area contributed by atoms with E-state index in [1.165, 1.54) is 0 Å². The minimum atomic E-state index is -2.81. The zero-order valence-electron chi connectivity index (χ0n) is 3.19. The molecule has 0 atom stereocenters. The molecule has 0 fully saturated rings. The summed E-state index contributed by atoms with van der Waals surface area (Å²) in [5, 5.41) is 6.47. The van der Waals surface area contributed by atoms with Gasteiger partial charge in [0, 0.05) is 0 Å². The third kappa shape index (κ3) is 4.29. The largest absolute Gasteiger partial charge is 0.336 e. The van der Waals surface area contributed by atoms with E-state index in [2.05, 4.69) is 0 Å². The zero-order chi connectivity index (χ0) is 5.21. The van der Waals surface area contributed by atoms with Crippen LogP contribution in [0, 0.1) is 5.16 Å². The second-order valence-electron chi connectivity index (χ2n) is 1.05. The summed E-state index contributed by atoms with van der Waals surface area (Å²) in [7, 11) is 9.43. The molecule has 0 aliphatic carbocycles. The van der Waals surface area contributed by atoms with Crippen molar-refractivity contribution in [1.82, 2.24) is 0 Å². The molecule has 0 aromatic carbocycles. The fraction of sp³-hybridized carbons (Fsp3) is 1.00. The Morgan fingerprint density at radius 2 is 1.83 bits per heavy atom. The average molecular weight is 101 g/mol. The Bertz CT molecular complexity index is 77.6. The molecule has 1 nitrogen and oxygen atoms in total. The summed E-state index contributed by atoms with van der Waals surface area (Å²) in [4.78, 5) is 0. The van der Waals surface area contributed by atoms with Gasteiger partial charge in [-0.3, -0.25) is 0 Å². The minimum absolute atomic E-state index is 0.896. The Balaban J connectivity index is 3.48. The van der Waals surface area contributed by atoms with Crippen LogP contribution >= 0.6 is 6.81 Å². The maximum Gasteiger partial charge on any atom is 0.123 e. The zero-order valence-corrected chi connectivity index (χ0v) is 4.08. The molecule has 30 valence electrons. The first-order valence-electron chi connectivity index (χ1n) is 1.32. The van der Waals surface area contributed by atoms with E-state index >= 15 is 0 Å². The maximum atomic E-state index is 11.1. The van der Waals surface area contributed by atoms with E-state index in [0.717, 1.165) is 0 Å². The molecule has 0 aromatic heterocycles. The molecule has 0 aromatic rings. The van der Waals surface area contributed by atoms with E-state index < -0.39 is 13.2 Å². The van der Waals surface area contributed by atoms with Crippen LogP contribution in [0.5, 0.6) is 0 Å². The molecule has 0 amide bonds. The van der Waals surface area contributed by atoms with Crippen molar-refractivity contribution < 1.29 is 4.39 Å². The Labute approximate surface area is 38.9 Å². The number of rotatable bonds is 1. The molecule has 0 bridgehead atoms. The number of halogens is 1. The van der Waals surface area contributed by atoms with E-state index in [1.807, 2.05) is 0 Å². The molecular formula is CH3B2FNP. The first kappa shape index (κ1) is 6.29. The highest BCUT2D eigenvalue weighted by Crippen LogP contribution is 2.33. The van der Waals surface area contributed by atoms with Crippen LogP contribution in [0.4, 0.5) is 4.39 Å². The van der Waals surface area contributed by atoms with Crippen LogP contribution in [0.3, 0.4) is 0 Å². The van der Waals surface area contributed by atoms with Crippen molar-refractivity contribution in [3.63, 3.8) is 0 Å². The lowest BCUT2D eigenvalue weighted by atomic mass is 10.7. The third-order valence-corrected chi connectivity index (χ3v) is 0.593. The molecule has 0 spiro atoms.